The van der Waals surface area contributed by atoms with Gasteiger partial charge in [0.15, 0.2) is 0 Å². The first kappa shape index (κ1) is 12.0. The topological polar surface area (TPSA) is 38.0 Å². The van der Waals surface area contributed by atoms with E-state index in [1.807, 2.05) is 0 Å². The molecular formula is C12H26N2. The molecule has 0 spiro atoms. The molecule has 0 bridgehead atoms. The van der Waals surface area contributed by atoms with E-state index in [-0.39, 0.29) is 0 Å². The molecule has 0 amide bonds. The lowest BCUT2D eigenvalue weighted by Gasteiger charge is -2.31. The first-order chi connectivity index (χ1) is 6.83. The Morgan fingerprint density at radius 2 is 1.79 bits per heavy atom. The molecule has 14 heavy (non-hydrogen) atoms. The summed E-state index contributed by atoms with van der Waals surface area (Å²) in [5.74, 6) is 0. The minimum Gasteiger partial charge on any atom is -0.330 e. The van der Waals surface area contributed by atoms with Crippen LogP contribution >= 0.6 is 0 Å². The average molecular weight is 198 g/mol. The van der Waals surface area contributed by atoms with Crippen molar-refractivity contribution in [3.05, 3.63) is 0 Å². The largest absolute Gasteiger partial charge is 0.330 e. The van der Waals surface area contributed by atoms with Gasteiger partial charge in [-0.05, 0) is 37.8 Å². The molecule has 0 saturated heterocycles. The first-order valence-electron chi connectivity index (χ1n) is 6.24. The van der Waals surface area contributed by atoms with E-state index in [0.29, 0.717) is 5.41 Å². The van der Waals surface area contributed by atoms with Crippen molar-refractivity contribution in [2.75, 3.05) is 19.6 Å². The highest BCUT2D eigenvalue weighted by Gasteiger charge is 2.28. The van der Waals surface area contributed by atoms with Crippen LogP contribution in [-0.2, 0) is 0 Å². The maximum atomic E-state index is 5.95. The molecule has 0 heterocycles. The third kappa shape index (κ3) is 3.58. The molecule has 2 heteroatoms. The molecule has 0 radical (unpaired) electrons. The molecule has 0 aromatic carbocycles. The van der Waals surface area contributed by atoms with Gasteiger partial charge in [0, 0.05) is 6.54 Å². The summed E-state index contributed by atoms with van der Waals surface area (Å²) in [6.07, 6.45) is 9.47. The fraction of sp³-hybridized carbons (Fsp3) is 1.00. The standard InChI is InChI=1S/C12H26N2/c1-2-9-14-11-12(10-13)7-5-3-4-6-8-12/h14H,2-11,13H2,1H3. The maximum absolute atomic E-state index is 5.95. The molecule has 0 aromatic rings. The van der Waals surface area contributed by atoms with Gasteiger partial charge >= 0.3 is 0 Å². The molecular weight excluding hydrogens is 172 g/mol. The molecule has 0 atom stereocenters. The lowest BCUT2D eigenvalue weighted by atomic mass is 9.80. The van der Waals surface area contributed by atoms with Crippen molar-refractivity contribution in [1.82, 2.24) is 5.32 Å². The summed E-state index contributed by atoms with van der Waals surface area (Å²) < 4.78 is 0. The molecule has 1 saturated carbocycles. The Balaban J connectivity index is 2.37. The Hall–Kier alpha value is -0.0800. The van der Waals surface area contributed by atoms with Gasteiger partial charge < -0.3 is 11.1 Å². The first-order valence-corrected chi connectivity index (χ1v) is 6.24. The molecule has 3 N–H and O–H groups in total. The second kappa shape index (κ2) is 6.41. The van der Waals surface area contributed by atoms with Gasteiger partial charge in [-0.2, -0.15) is 0 Å². The fourth-order valence-corrected chi connectivity index (χ4v) is 2.46. The zero-order valence-corrected chi connectivity index (χ0v) is 9.65. The average Bonchev–Trinajstić information content (AvgIpc) is 2.45. The highest BCUT2D eigenvalue weighted by Crippen LogP contribution is 2.33. The Kier molecular flexibility index (Phi) is 5.49. The van der Waals surface area contributed by atoms with E-state index in [2.05, 4.69) is 12.2 Å². The van der Waals surface area contributed by atoms with E-state index in [0.717, 1.165) is 19.6 Å². The summed E-state index contributed by atoms with van der Waals surface area (Å²) in [6.45, 7) is 5.36. The summed E-state index contributed by atoms with van der Waals surface area (Å²) >= 11 is 0. The summed E-state index contributed by atoms with van der Waals surface area (Å²) in [5, 5.41) is 3.54. The highest BCUT2D eigenvalue weighted by atomic mass is 14.9. The van der Waals surface area contributed by atoms with Gasteiger partial charge in [-0.25, -0.2) is 0 Å². The van der Waals surface area contributed by atoms with Crippen LogP contribution in [0.5, 0.6) is 0 Å². The zero-order valence-electron chi connectivity index (χ0n) is 9.65. The van der Waals surface area contributed by atoms with Crippen LogP contribution in [-0.4, -0.2) is 19.6 Å². The summed E-state index contributed by atoms with van der Waals surface area (Å²) in [4.78, 5) is 0. The molecule has 2 nitrogen and oxygen atoms in total. The minimum absolute atomic E-state index is 0.422. The van der Waals surface area contributed by atoms with Crippen LogP contribution in [0.1, 0.15) is 51.9 Å². The maximum Gasteiger partial charge on any atom is 0.00199 e. The quantitative estimate of drug-likeness (QED) is 0.525. The predicted molar refractivity (Wildman–Crippen MR) is 62.4 cm³/mol. The van der Waals surface area contributed by atoms with Crippen LogP contribution < -0.4 is 11.1 Å². The van der Waals surface area contributed by atoms with Crippen molar-refractivity contribution in [2.24, 2.45) is 11.1 Å². The van der Waals surface area contributed by atoms with Gasteiger partial charge in [0.25, 0.3) is 0 Å². The highest BCUT2D eigenvalue weighted by molar-refractivity contribution is 4.84. The molecule has 1 rings (SSSR count). The van der Waals surface area contributed by atoms with Crippen molar-refractivity contribution in [1.29, 1.82) is 0 Å². The molecule has 1 aliphatic carbocycles. The predicted octanol–water partition coefficient (Wildman–Crippen LogP) is 2.29. The van der Waals surface area contributed by atoms with Crippen LogP contribution in [0.4, 0.5) is 0 Å². The third-order valence-electron chi connectivity index (χ3n) is 3.52. The van der Waals surface area contributed by atoms with Crippen LogP contribution in [0.2, 0.25) is 0 Å². The molecule has 1 aliphatic rings. The number of nitrogens with two attached hydrogens (primary N) is 1. The number of rotatable bonds is 5. The summed E-state index contributed by atoms with van der Waals surface area (Å²) in [7, 11) is 0. The van der Waals surface area contributed by atoms with Crippen LogP contribution in [0.25, 0.3) is 0 Å². The van der Waals surface area contributed by atoms with E-state index in [9.17, 15) is 0 Å². The van der Waals surface area contributed by atoms with Crippen molar-refractivity contribution in [3.8, 4) is 0 Å². The van der Waals surface area contributed by atoms with Crippen LogP contribution in [0.15, 0.2) is 0 Å². The van der Waals surface area contributed by atoms with Gasteiger partial charge in [-0.3, -0.25) is 0 Å². The van der Waals surface area contributed by atoms with E-state index < -0.39 is 0 Å². The van der Waals surface area contributed by atoms with Crippen LogP contribution in [0.3, 0.4) is 0 Å². The Bertz CT molecular complexity index is 137. The lowest BCUT2D eigenvalue weighted by Crippen LogP contribution is -2.40. The van der Waals surface area contributed by atoms with Crippen LogP contribution in [0, 0.1) is 5.41 Å². The van der Waals surface area contributed by atoms with Gasteiger partial charge in [-0.1, -0.05) is 32.6 Å². The van der Waals surface area contributed by atoms with Gasteiger partial charge in [-0.15, -0.1) is 0 Å². The second-order valence-electron chi connectivity index (χ2n) is 4.80. The lowest BCUT2D eigenvalue weighted by molar-refractivity contribution is 0.243. The molecule has 0 unspecified atom stereocenters. The van der Waals surface area contributed by atoms with E-state index in [1.165, 1.54) is 44.9 Å². The number of hydrogen-bond acceptors (Lipinski definition) is 2. The SMILES string of the molecule is CCCNCC1(CN)CCCCCC1. The smallest absolute Gasteiger partial charge is 0.00199 e. The van der Waals surface area contributed by atoms with Crippen molar-refractivity contribution in [3.63, 3.8) is 0 Å². The van der Waals surface area contributed by atoms with E-state index in [1.54, 1.807) is 0 Å². The summed E-state index contributed by atoms with van der Waals surface area (Å²) in [6, 6.07) is 0. The normalized spacial score (nSPS) is 21.9. The Morgan fingerprint density at radius 1 is 1.14 bits per heavy atom. The fourth-order valence-electron chi connectivity index (χ4n) is 2.46. The van der Waals surface area contributed by atoms with Gasteiger partial charge in [0.2, 0.25) is 0 Å². The van der Waals surface area contributed by atoms with Crippen molar-refractivity contribution >= 4 is 0 Å². The molecule has 84 valence electrons. The van der Waals surface area contributed by atoms with Gasteiger partial charge in [0.1, 0.15) is 0 Å². The Morgan fingerprint density at radius 3 is 2.29 bits per heavy atom. The molecule has 1 fully saturated rings. The van der Waals surface area contributed by atoms with E-state index >= 15 is 0 Å². The third-order valence-corrected chi connectivity index (χ3v) is 3.52. The Labute approximate surface area is 88.6 Å². The molecule has 0 aliphatic heterocycles. The summed E-state index contributed by atoms with van der Waals surface area (Å²) in [5.41, 5.74) is 6.37. The molecule has 0 aromatic heterocycles. The zero-order chi connectivity index (χ0) is 10.3. The monoisotopic (exact) mass is 198 g/mol. The number of hydrogen-bond donors (Lipinski definition) is 2. The van der Waals surface area contributed by atoms with E-state index in [4.69, 9.17) is 5.73 Å². The van der Waals surface area contributed by atoms with Gasteiger partial charge in [0.05, 0.1) is 0 Å². The second-order valence-corrected chi connectivity index (χ2v) is 4.80. The van der Waals surface area contributed by atoms with Crippen molar-refractivity contribution < 1.29 is 0 Å². The number of nitrogens with one attached hydrogen (secondary N) is 1. The van der Waals surface area contributed by atoms with Crippen molar-refractivity contribution in [2.45, 2.75) is 51.9 Å². The minimum atomic E-state index is 0.422.